The molecule has 1 aromatic carbocycles. The lowest BCUT2D eigenvalue weighted by Gasteiger charge is -2.51. The van der Waals surface area contributed by atoms with Crippen molar-refractivity contribution in [1.82, 2.24) is 19.9 Å². The lowest BCUT2D eigenvalue weighted by molar-refractivity contribution is -0.141. The maximum absolute atomic E-state index is 13.1. The number of aromatic nitrogens is 3. The van der Waals surface area contributed by atoms with Crippen LogP contribution < -0.4 is 10.9 Å². The van der Waals surface area contributed by atoms with E-state index >= 15 is 0 Å². The van der Waals surface area contributed by atoms with Gasteiger partial charge in [0.05, 0.1) is 22.4 Å². The van der Waals surface area contributed by atoms with Gasteiger partial charge >= 0.3 is 12.3 Å². The Balaban J connectivity index is 1.64. The van der Waals surface area contributed by atoms with Gasteiger partial charge in [-0.1, -0.05) is 30.3 Å². The van der Waals surface area contributed by atoms with Gasteiger partial charge in [-0.2, -0.15) is 13.2 Å². The molecule has 0 spiro atoms. The zero-order valence-corrected chi connectivity index (χ0v) is 19.4. The highest BCUT2D eigenvalue weighted by atomic mass is 19.4. The molecule has 9 nitrogen and oxygen atoms in total. The van der Waals surface area contributed by atoms with Crippen LogP contribution in [-0.4, -0.2) is 42.6 Å². The van der Waals surface area contributed by atoms with Crippen molar-refractivity contribution in [3.63, 3.8) is 0 Å². The number of hydrogen-bond donors (Lipinski definition) is 3. The van der Waals surface area contributed by atoms with E-state index in [1.165, 1.54) is 6.20 Å². The van der Waals surface area contributed by atoms with Crippen LogP contribution in [0.1, 0.15) is 25.3 Å². The molecule has 3 N–H and O–H groups in total. The summed E-state index contributed by atoms with van der Waals surface area (Å²) in [5, 5.41) is 21.9. The van der Waals surface area contributed by atoms with Crippen molar-refractivity contribution in [2.45, 2.75) is 43.6 Å². The molecule has 12 heteroatoms. The molecule has 1 amide bonds. The molecule has 4 aromatic rings. The maximum atomic E-state index is 13.1. The number of nitrogens with zero attached hydrogens (tertiary/aromatic N) is 3. The highest BCUT2D eigenvalue weighted by molar-refractivity contribution is 5.98. The van der Waals surface area contributed by atoms with Crippen molar-refractivity contribution < 1.29 is 32.6 Å². The van der Waals surface area contributed by atoms with Crippen molar-refractivity contribution >= 4 is 17.2 Å². The van der Waals surface area contributed by atoms with E-state index in [1.54, 1.807) is 49.4 Å². The number of pyridine rings is 1. The van der Waals surface area contributed by atoms with Crippen LogP contribution in [0, 0.1) is 0 Å². The first kappa shape index (κ1) is 24.5. The van der Waals surface area contributed by atoms with Gasteiger partial charge in [0.2, 0.25) is 5.71 Å². The van der Waals surface area contributed by atoms with Gasteiger partial charge in [0.25, 0.3) is 5.56 Å². The normalized spacial score (nSPS) is 21.5. The maximum Gasteiger partial charge on any atom is 0.406 e. The van der Waals surface area contributed by atoms with Crippen LogP contribution in [0.15, 0.2) is 64.2 Å². The highest BCUT2D eigenvalue weighted by Crippen LogP contribution is 2.48. The minimum absolute atomic E-state index is 0.136. The second kappa shape index (κ2) is 8.44. The summed E-state index contributed by atoms with van der Waals surface area (Å²) in [4.78, 5) is 32.7. The van der Waals surface area contributed by atoms with E-state index in [4.69, 9.17) is 4.42 Å². The molecule has 0 aliphatic heterocycles. The van der Waals surface area contributed by atoms with Crippen LogP contribution in [-0.2, 0) is 12.1 Å². The lowest BCUT2D eigenvalue weighted by Crippen LogP contribution is -2.61. The molecule has 1 aliphatic rings. The average molecular weight is 514 g/mol. The summed E-state index contributed by atoms with van der Waals surface area (Å²) in [5.41, 5.74) is -1.46. The Morgan fingerprint density at radius 1 is 1.16 bits per heavy atom. The SMILES string of the molecule is CC1(O)CC(NC(=O)O)(c2ccc(-c3oc4ncn(CC(F)(F)F)c(=O)c4c3-c3ccccn3)cc2)C1. The molecule has 5 rings (SSSR count). The van der Waals surface area contributed by atoms with Gasteiger partial charge in [0.1, 0.15) is 24.0 Å². The predicted octanol–water partition coefficient (Wildman–Crippen LogP) is 4.29. The minimum atomic E-state index is -4.63. The molecule has 1 fully saturated rings. The number of hydrogen-bond acceptors (Lipinski definition) is 6. The first-order chi connectivity index (χ1) is 17.4. The summed E-state index contributed by atoms with van der Waals surface area (Å²) in [6, 6.07) is 11.6. The molecule has 0 atom stereocenters. The fourth-order valence-corrected chi connectivity index (χ4v) is 5.05. The number of carboxylic acid groups (broad SMARTS) is 1. The first-order valence-corrected chi connectivity index (χ1v) is 11.2. The summed E-state index contributed by atoms with van der Waals surface area (Å²) in [6.07, 6.45) is -3.22. The third kappa shape index (κ3) is 4.55. The standard InChI is InChI=1S/C25H21F3N4O5/c1-23(36)10-24(11-23,31-22(34)35)15-7-5-14(6-8-15)19-17(16-4-2-3-9-29-16)18-20(37-19)30-13-32(21(18)33)12-25(26,27)28/h2-9,13,31,36H,10-12H2,1H3,(H,34,35). The molecular weight excluding hydrogens is 493 g/mol. The van der Waals surface area contributed by atoms with Gasteiger partial charge in [0, 0.05) is 24.6 Å². The molecule has 0 radical (unpaired) electrons. The van der Waals surface area contributed by atoms with E-state index in [0.29, 0.717) is 21.4 Å². The monoisotopic (exact) mass is 514 g/mol. The average Bonchev–Trinajstić information content (AvgIpc) is 3.19. The third-order valence-corrected chi connectivity index (χ3v) is 6.36. The number of rotatable bonds is 5. The number of benzene rings is 1. The van der Waals surface area contributed by atoms with Crippen molar-refractivity contribution in [3.05, 3.63) is 70.9 Å². The van der Waals surface area contributed by atoms with Gasteiger partial charge < -0.3 is 19.9 Å². The van der Waals surface area contributed by atoms with Crippen LogP contribution >= 0.6 is 0 Å². The Morgan fingerprint density at radius 3 is 2.43 bits per heavy atom. The van der Waals surface area contributed by atoms with Crippen molar-refractivity contribution in [3.8, 4) is 22.6 Å². The topological polar surface area (TPSA) is 130 Å². The van der Waals surface area contributed by atoms with Gasteiger partial charge in [-0.15, -0.1) is 0 Å². The largest absolute Gasteiger partial charge is 0.465 e. The zero-order valence-electron chi connectivity index (χ0n) is 19.4. The number of carbonyl (C=O) groups is 1. The number of amides is 1. The van der Waals surface area contributed by atoms with Gasteiger partial charge in [0.15, 0.2) is 0 Å². The Morgan fingerprint density at radius 2 is 1.86 bits per heavy atom. The fourth-order valence-electron chi connectivity index (χ4n) is 5.05. The van der Waals surface area contributed by atoms with Gasteiger partial charge in [-0.3, -0.25) is 14.3 Å². The molecule has 0 saturated heterocycles. The van der Waals surface area contributed by atoms with E-state index in [0.717, 1.165) is 6.33 Å². The Labute approximate surface area is 207 Å². The summed E-state index contributed by atoms with van der Waals surface area (Å²) >= 11 is 0. The van der Waals surface area contributed by atoms with Crippen molar-refractivity contribution in [2.75, 3.05) is 0 Å². The third-order valence-electron chi connectivity index (χ3n) is 6.36. The number of aliphatic hydroxyl groups is 1. The molecule has 1 aliphatic carbocycles. The van der Waals surface area contributed by atoms with Crippen LogP contribution in [0.25, 0.3) is 33.7 Å². The summed E-state index contributed by atoms with van der Waals surface area (Å²) in [7, 11) is 0. The fraction of sp³-hybridized carbons (Fsp3) is 0.280. The highest BCUT2D eigenvalue weighted by Gasteiger charge is 2.53. The van der Waals surface area contributed by atoms with Gasteiger partial charge in [-0.05, 0) is 24.6 Å². The lowest BCUT2D eigenvalue weighted by atomic mass is 9.62. The van der Waals surface area contributed by atoms with E-state index in [1.807, 2.05) is 0 Å². The summed E-state index contributed by atoms with van der Waals surface area (Å²) < 4.78 is 45.4. The van der Waals surface area contributed by atoms with Gasteiger partial charge in [-0.25, -0.2) is 9.78 Å². The summed E-state index contributed by atoms with van der Waals surface area (Å²) in [5.74, 6) is 0.176. The van der Waals surface area contributed by atoms with E-state index < -0.39 is 35.5 Å². The molecule has 1 saturated carbocycles. The number of nitrogens with one attached hydrogen (secondary N) is 1. The summed E-state index contributed by atoms with van der Waals surface area (Å²) in [6.45, 7) is 0.114. The van der Waals surface area contributed by atoms with Crippen molar-refractivity contribution in [2.24, 2.45) is 0 Å². The number of fused-ring (bicyclic) bond motifs is 1. The van der Waals surface area contributed by atoms with Crippen molar-refractivity contribution in [1.29, 1.82) is 0 Å². The second-order valence-corrected chi connectivity index (χ2v) is 9.43. The molecule has 3 aromatic heterocycles. The number of alkyl halides is 3. The Bertz CT molecular complexity index is 1540. The molecule has 0 bridgehead atoms. The number of halogens is 3. The second-order valence-electron chi connectivity index (χ2n) is 9.43. The smallest absolute Gasteiger partial charge is 0.406 e. The molecule has 0 unspecified atom stereocenters. The zero-order chi connectivity index (χ0) is 26.6. The Kier molecular flexibility index (Phi) is 5.59. The van der Waals surface area contributed by atoms with E-state index in [9.17, 15) is 33.0 Å². The first-order valence-electron chi connectivity index (χ1n) is 11.2. The van der Waals surface area contributed by atoms with Crippen LogP contribution in [0.2, 0.25) is 0 Å². The van der Waals surface area contributed by atoms with Crippen LogP contribution in [0.4, 0.5) is 18.0 Å². The Hall–Kier alpha value is -4.19. The molecule has 3 heterocycles. The minimum Gasteiger partial charge on any atom is -0.465 e. The molecular formula is C25H21F3N4O5. The number of furan rings is 1. The molecule has 37 heavy (non-hydrogen) atoms. The van der Waals surface area contributed by atoms with E-state index in [2.05, 4.69) is 15.3 Å². The quantitative estimate of drug-likeness (QED) is 0.362. The van der Waals surface area contributed by atoms with Crippen LogP contribution in [0.3, 0.4) is 0 Å². The van der Waals surface area contributed by atoms with E-state index in [-0.39, 0.29) is 35.3 Å². The predicted molar refractivity (Wildman–Crippen MR) is 126 cm³/mol. The van der Waals surface area contributed by atoms with Crippen LogP contribution in [0.5, 0.6) is 0 Å². The molecule has 192 valence electrons.